The second-order valence-electron chi connectivity index (χ2n) is 5.39. The van der Waals surface area contributed by atoms with E-state index in [4.69, 9.17) is 11.6 Å². The molecule has 0 aromatic heterocycles. The van der Waals surface area contributed by atoms with Crippen molar-refractivity contribution in [2.45, 2.75) is 37.7 Å². The molecule has 0 unspecified atom stereocenters. The van der Waals surface area contributed by atoms with Crippen LogP contribution in [-0.2, 0) is 0 Å². The van der Waals surface area contributed by atoms with Crippen LogP contribution in [0.4, 0.5) is 5.69 Å². The molecule has 0 aliphatic heterocycles. The van der Waals surface area contributed by atoms with Crippen molar-refractivity contribution in [3.8, 4) is 0 Å². The molecule has 0 heterocycles. The van der Waals surface area contributed by atoms with Gasteiger partial charge in [-0.1, -0.05) is 30.9 Å². The Hall–Kier alpha value is -1.66. The van der Waals surface area contributed by atoms with E-state index in [1.807, 2.05) is 0 Å². The van der Waals surface area contributed by atoms with Crippen molar-refractivity contribution in [1.29, 1.82) is 0 Å². The van der Waals surface area contributed by atoms with E-state index in [9.17, 15) is 20.0 Å². The molecule has 2 rings (SSSR count). The van der Waals surface area contributed by atoms with Crippen molar-refractivity contribution >= 4 is 23.2 Å². The highest BCUT2D eigenvalue weighted by Crippen LogP contribution is 2.28. The molecule has 0 saturated heterocycles. The highest BCUT2D eigenvalue weighted by atomic mass is 35.5. The molecule has 21 heavy (non-hydrogen) atoms. The summed E-state index contributed by atoms with van der Waals surface area (Å²) in [6, 6.07) is 3.71. The van der Waals surface area contributed by atoms with E-state index < -0.39 is 16.4 Å². The molecule has 2 N–H and O–H groups in total. The third-order valence-corrected chi connectivity index (χ3v) is 4.10. The minimum absolute atomic E-state index is 0.0466. The van der Waals surface area contributed by atoms with Gasteiger partial charge in [-0.2, -0.15) is 0 Å². The standard InChI is InChI=1S/C14H17ClN2O4/c15-12-5-4-10(17(20)21)8-11(12)13(18)16-9-14(19)6-2-1-3-7-14/h4-5,8,19H,1-3,6-7,9H2,(H,16,18). The van der Waals surface area contributed by atoms with E-state index in [-0.39, 0.29) is 22.8 Å². The summed E-state index contributed by atoms with van der Waals surface area (Å²) in [5.41, 5.74) is -1.03. The van der Waals surface area contributed by atoms with Crippen molar-refractivity contribution in [2.75, 3.05) is 6.54 Å². The number of hydrogen-bond acceptors (Lipinski definition) is 4. The number of non-ortho nitro benzene ring substituents is 1. The van der Waals surface area contributed by atoms with Gasteiger partial charge < -0.3 is 10.4 Å². The molecule has 0 atom stereocenters. The molecule has 0 radical (unpaired) electrons. The average molecular weight is 313 g/mol. The van der Waals surface area contributed by atoms with Crippen molar-refractivity contribution in [1.82, 2.24) is 5.32 Å². The number of aliphatic hydroxyl groups is 1. The van der Waals surface area contributed by atoms with Crippen LogP contribution in [0.5, 0.6) is 0 Å². The number of halogens is 1. The topological polar surface area (TPSA) is 92.5 Å². The Labute approximate surface area is 127 Å². The Morgan fingerprint density at radius 3 is 2.67 bits per heavy atom. The number of nitro benzene ring substituents is 1. The smallest absolute Gasteiger partial charge is 0.270 e. The van der Waals surface area contributed by atoms with E-state index in [0.717, 1.165) is 25.3 Å². The van der Waals surface area contributed by atoms with E-state index in [1.165, 1.54) is 12.1 Å². The van der Waals surface area contributed by atoms with Crippen LogP contribution < -0.4 is 5.32 Å². The van der Waals surface area contributed by atoms with E-state index in [0.29, 0.717) is 12.8 Å². The predicted molar refractivity (Wildman–Crippen MR) is 78.5 cm³/mol. The molecular formula is C14H17ClN2O4. The fourth-order valence-corrected chi connectivity index (χ4v) is 2.73. The Balaban J connectivity index is 2.06. The minimum Gasteiger partial charge on any atom is -0.388 e. The number of carbonyl (C=O) groups is 1. The maximum Gasteiger partial charge on any atom is 0.270 e. The molecule has 1 fully saturated rings. The number of nitrogens with zero attached hydrogens (tertiary/aromatic N) is 1. The van der Waals surface area contributed by atoms with Crippen LogP contribution in [0.2, 0.25) is 5.02 Å². The zero-order chi connectivity index (χ0) is 15.5. The summed E-state index contributed by atoms with van der Waals surface area (Å²) in [5, 5.41) is 23.8. The average Bonchev–Trinajstić information content (AvgIpc) is 2.46. The fraction of sp³-hybridized carbons (Fsp3) is 0.500. The lowest BCUT2D eigenvalue weighted by molar-refractivity contribution is -0.384. The van der Waals surface area contributed by atoms with Gasteiger partial charge in [0.05, 0.1) is 21.1 Å². The van der Waals surface area contributed by atoms with Gasteiger partial charge in [0.1, 0.15) is 0 Å². The lowest BCUT2D eigenvalue weighted by atomic mass is 9.85. The Morgan fingerprint density at radius 2 is 2.05 bits per heavy atom. The van der Waals surface area contributed by atoms with Gasteiger partial charge in [-0.05, 0) is 18.9 Å². The summed E-state index contributed by atoms with van der Waals surface area (Å²) in [6.45, 7) is 0.130. The van der Waals surface area contributed by atoms with Crippen LogP contribution in [0.3, 0.4) is 0 Å². The Bertz CT molecular complexity index is 556. The van der Waals surface area contributed by atoms with E-state index in [2.05, 4.69) is 5.32 Å². The number of benzene rings is 1. The van der Waals surface area contributed by atoms with Crippen LogP contribution in [0.1, 0.15) is 42.5 Å². The van der Waals surface area contributed by atoms with Gasteiger partial charge in [0.2, 0.25) is 0 Å². The Morgan fingerprint density at radius 1 is 1.38 bits per heavy atom. The lowest BCUT2D eigenvalue weighted by Gasteiger charge is -2.32. The van der Waals surface area contributed by atoms with Crippen molar-refractivity contribution in [3.05, 3.63) is 38.9 Å². The van der Waals surface area contributed by atoms with E-state index >= 15 is 0 Å². The molecule has 1 saturated carbocycles. The highest BCUT2D eigenvalue weighted by molar-refractivity contribution is 6.33. The first kappa shape index (κ1) is 15.7. The first-order chi connectivity index (χ1) is 9.91. The number of hydrogen-bond donors (Lipinski definition) is 2. The zero-order valence-corrected chi connectivity index (χ0v) is 12.2. The number of nitrogens with one attached hydrogen (secondary N) is 1. The second-order valence-corrected chi connectivity index (χ2v) is 5.80. The van der Waals surface area contributed by atoms with Gasteiger partial charge in [0.25, 0.3) is 11.6 Å². The quantitative estimate of drug-likeness (QED) is 0.660. The molecule has 1 amide bonds. The van der Waals surface area contributed by atoms with Gasteiger partial charge in [0.15, 0.2) is 0 Å². The predicted octanol–water partition coefficient (Wildman–Crippen LogP) is 2.67. The molecular weight excluding hydrogens is 296 g/mol. The minimum atomic E-state index is -0.888. The molecule has 1 aliphatic carbocycles. The molecule has 114 valence electrons. The normalized spacial score (nSPS) is 17.2. The number of carbonyl (C=O) groups excluding carboxylic acids is 1. The molecule has 0 spiro atoms. The van der Waals surface area contributed by atoms with Crippen LogP contribution in [0.25, 0.3) is 0 Å². The van der Waals surface area contributed by atoms with Crippen LogP contribution in [-0.4, -0.2) is 28.1 Å². The number of amides is 1. The van der Waals surface area contributed by atoms with Gasteiger partial charge in [-0.3, -0.25) is 14.9 Å². The van der Waals surface area contributed by atoms with Crippen molar-refractivity contribution < 1.29 is 14.8 Å². The first-order valence-electron chi connectivity index (χ1n) is 6.86. The van der Waals surface area contributed by atoms with Gasteiger partial charge in [0, 0.05) is 18.7 Å². The molecule has 1 aliphatic rings. The van der Waals surface area contributed by atoms with Gasteiger partial charge in [-0.15, -0.1) is 0 Å². The third-order valence-electron chi connectivity index (χ3n) is 3.77. The van der Waals surface area contributed by atoms with E-state index in [1.54, 1.807) is 0 Å². The maximum atomic E-state index is 12.1. The molecule has 6 nitrogen and oxygen atoms in total. The zero-order valence-electron chi connectivity index (χ0n) is 11.5. The van der Waals surface area contributed by atoms with Gasteiger partial charge in [-0.25, -0.2) is 0 Å². The highest BCUT2D eigenvalue weighted by Gasteiger charge is 2.30. The first-order valence-corrected chi connectivity index (χ1v) is 7.24. The molecule has 0 bridgehead atoms. The molecule has 1 aromatic rings. The number of rotatable bonds is 4. The maximum absolute atomic E-state index is 12.1. The van der Waals surface area contributed by atoms with Crippen LogP contribution >= 0.6 is 11.6 Å². The third kappa shape index (κ3) is 3.92. The largest absolute Gasteiger partial charge is 0.388 e. The summed E-state index contributed by atoms with van der Waals surface area (Å²) in [6.07, 6.45) is 4.26. The Kier molecular flexibility index (Phi) is 4.80. The molecule has 1 aromatic carbocycles. The lowest BCUT2D eigenvalue weighted by Crippen LogP contribution is -2.44. The summed E-state index contributed by atoms with van der Waals surface area (Å²) < 4.78 is 0. The van der Waals surface area contributed by atoms with Crippen molar-refractivity contribution in [3.63, 3.8) is 0 Å². The van der Waals surface area contributed by atoms with Crippen molar-refractivity contribution in [2.24, 2.45) is 0 Å². The molecule has 7 heteroatoms. The SMILES string of the molecule is O=C(NCC1(O)CCCCC1)c1cc([N+](=O)[O-])ccc1Cl. The van der Waals surface area contributed by atoms with Crippen LogP contribution in [0, 0.1) is 10.1 Å². The van der Waals surface area contributed by atoms with Gasteiger partial charge >= 0.3 is 0 Å². The second kappa shape index (κ2) is 6.41. The summed E-state index contributed by atoms with van der Waals surface area (Å²) in [4.78, 5) is 22.2. The number of nitro groups is 1. The summed E-state index contributed by atoms with van der Waals surface area (Å²) in [5.74, 6) is -0.511. The fourth-order valence-electron chi connectivity index (χ4n) is 2.53. The van der Waals surface area contributed by atoms with Crippen LogP contribution in [0.15, 0.2) is 18.2 Å². The summed E-state index contributed by atoms with van der Waals surface area (Å²) in [7, 11) is 0. The monoisotopic (exact) mass is 312 g/mol. The summed E-state index contributed by atoms with van der Waals surface area (Å²) >= 11 is 5.91.